The van der Waals surface area contributed by atoms with Crippen LogP contribution >= 0.6 is 0 Å². The summed E-state index contributed by atoms with van der Waals surface area (Å²) in [7, 11) is 0. The molecular formula is C16H28N4. The summed E-state index contributed by atoms with van der Waals surface area (Å²) in [5.41, 5.74) is 1.07. The third-order valence-electron chi connectivity index (χ3n) is 4.27. The van der Waals surface area contributed by atoms with Crippen LogP contribution < -0.4 is 9.80 Å². The largest absolute Gasteiger partial charge is 0.353 e. The second kappa shape index (κ2) is 6.91. The van der Waals surface area contributed by atoms with Crippen LogP contribution in [-0.2, 0) is 0 Å². The van der Waals surface area contributed by atoms with E-state index in [1.54, 1.807) is 0 Å². The highest BCUT2D eigenvalue weighted by Gasteiger charge is 2.23. The second-order valence-corrected chi connectivity index (χ2v) is 5.59. The van der Waals surface area contributed by atoms with Crippen LogP contribution in [0.15, 0.2) is 6.07 Å². The van der Waals surface area contributed by atoms with Gasteiger partial charge in [-0.1, -0.05) is 6.92 Å². The molecule has 1 atom stereocenters. The standard InChI is InChI=1S/C16H28N4/c1-5-14-10-8-9-11-20(14)15-12-13(4)17-16(18-15)19(6-2)7-3/h12,14H,5-11H2,1-4H3. The van der Waals surface area contributed by atoms with E-state index in [0.29, 0.717) is 6.04 Å². The van der Waals surface area contributed by atoms with Gasteiger partial charge in [0.2, 0.25) is 5.95 Å². The fourth-order valence-corrected chi connectivity index (χ4v) is 3.06. The quantitative estimate of drug-likeness (QED) is 0.825. The molecule has 2 heterocycles. The SMILES string of the molecule is CCC1CCCCN1c1cc(C)nc(N(CC)CC)n1. The molecule has 1 unspecified atom stereocenters. The van der Waals surface area contributed by atoms with E-state index < -0.39 is 0 Å². The van der Waals surface area contributed by atoms with Gasteiger partial charge >= 0.3 is 0 Å². The summed E-state index contributed by atoms with van der Waals surface area (Å²) in [4.78, 5) is 14.2. The van der Waals surface area contributed by atoms with Gasteiger partial charge in [-0.15, -0.1) is 0 Å². The zero-order chi connectivity index (χ0) is 14.5. The summed E-state index contributed by atoms with van der Waals surface area (Å²) in [5, 5.41) is 0. The maximum Gasteiger partial charge on any atom is 0.227 e. The fraction of sp³-hybridized carbons (Fsp3) is 0.750. The first-order valence-electron chi connectivity index (χ1n) is 8.06. The van der Waals surface area contributed by atoms with Gasteiger partial charge in [0.05, 0.1) is 0 Å². The molecule has 0 spiro atoms. The molecule has 112 valence electrons. The highest BCUT2D eigenvalue weighted by Crippen LogP contribution is 2.26. The molecule has 1 aromatic heterocycles. The summed E-state index contributed by atoms with van der Waals surface area (Å²) < 4.78 is 0. The average molecular weight is 276 g/mol. The molecule has 0 radical (unpaired) electrons. The van der Waals surface area contributed by atoms with Crippen molar-refractivity contribution >= 4 is 11.8 Å². The van der Waals surface area contributed by atoms with Gasteiger partial charge in [0, 0.05) is 37.4 Å². The lowest BCUT2D eigenvalue weighted by atomic mass is 10.00. The average Bonchev–Trinajstić information content (AvgIpc) is 2.48. The Hall–Kier alpha value is -1.32. The van der Waals surface area contributed by atoms with Crippen LogP contribution in [0.3, 0.4) is 0 Å². The van der Waals surface area contributed by atoms with Gasteiger partial charge in [-0.25, -0.2) is 4.98 Å². The normalized spacial score (nSPS) is 19.2. The molecule has 1 aliphatic rings. The van der Waals surface area contributed by atoms with Crippen LogP contribution in [0.1, 0.15) is 52.1 Å². The van der Waals surface area contributed by atoms with Gasteiger partial charge in [-0.3, -0.25) is 0 Å². The topological polar surface area (TPSA) is 32.3 Å². The van der Waals surface area contributed by atoms with E-state index >= 15 is 0 Å². The lowest BCUT2D eigenvalue weighted by Gasteiger charge is -2.36. The zero-order valence-electron chi connectivity index (χ0n) is 13.4. The first kappa shape index (κ1) is 15.1. The molecule has 20 heavy (non-hydrogen) atoms. The second-order valence-electron chi connectivity index (χ2n) is 5.59. The molecule has 0 saturated carbocycles. The van der Waals surface area contributed by atoms with E-state index in [9.17, 15) is 0 Å². The van der Waals surface area contributed by atoms with E-state index in [-0.39, 0.29) is 0 Å². The van der Waals surface area contributed by atoms with Gasteiger partial charge in [-0.2, -0.15) is 4.98 Å². The number of piperidine rings is 1. The Morgan fingerprint density at radius 1 is 1.20 bits per heavy atom. The summed E-state index contributed by atoms with van der Waals surface area (Å²) in [6.45, 7) is 11.7. The Labute approximate surface area is 123 Å². The van der Waals surface area contributed by atoms with Crippen LogP contribution in [0.5, 0.6) is 0 Å². The number of aromatic nitrogens is 2. The van der Waals surface area contributed by atoms with E-state index in [1.807, 2.05) is 0 Å². The molecule has 0 amide bonds. The number of aryl methyl sites for hydroxylation is 1. The molecule has 1 saturated heterocycles. The summed E-state index contributed by atoms with van der Waals surface area (Å²) in [6, 6.07) is 2.78. The molecule has 0 bridgehead atoms. The molecule has 0 aliphatic carbocycles. The van der Waals surface area contributed by atoms with Crippen molar-refractivity contribution in [1.29, 1.82) is 0 Å². The molecule has 1 aliphatic heterocycles. The molecule has 4 nitrogen and oxygen atoms in total. The lowest BCUT2D eigenvalue weighted by molar-refractivity contribution is 0.446. The van der Waals surface area contributed by atoms with E-state index in [4.69, 9.17) is 4.98 Å². The van der Waals surface area contributed by atoms with Gasteiger partial charge in [0.25, 0.3) is 0 Å². The van der Waals surface area contributed by atoms with Crippen molar-refractivity contribution in [3.05, 3.63) is 11.8 Å². The molecule has 0 aromatic carbocycles. The monoisotopic (exact) mass is 276 g/mol. The van der Waals surface area contributed by atoms with E-state index in [0.717, 1.165) is 37.1 Å². The predicted octanol–water partition coefficient (Wildman–Crippen LogP) is 3.40. The van der Waals surface area contributed by atoms with Crippen molar-refractivity contribution in [3.63, 3.8) is 0 Å². The Bertz CT molecular complexity index is 428. The van der Waals surface area contributed by atoms with Crippen LogP contribution in [0.25, 0.3) is 0 Å². The van der Waals surface area contributed by atoms with Crippen LogP contribution in [0.4, 0.5) is 11.8 Å². The number of hydrogen-bond donors (Lipinski definition) is 0. The minimum absolute atomic E-state index is 0.641. The van der Waals surface area contributed by atoms with Crippen LogP contribution in [0.2, 0.25) is 0 Å². The number of nitrogens with zero attached hydrogens (tertiary/aromatic N) is 4. The first-order valence-corrected chi connectivity index (χ1v) is 8.06. The molecule has 2 rings (SSSR count). The smallest absolute Gasteiger partial charge is 0.227 e. The number of rotatable bonds is 5. The summed E-state index contributed by atoms with van der Waals surface area (Å²) in [6.07, 6.45) is 5.12. The van der Waals surface area contributed by atoms with Gasteiger partial charge in [0.15, 0.2) is 0 Å². The van der Waals surface area contributed by atoms with E-state index in [2.05, 4.69) is 48.5 Å². The van der Waals surface area contributed by atoms with Gasteiger partial charge < -0.3 is 9.80 Å². The molecule has 1 aromatic rings. The van der Waals surface area contributed by atoms with Gasteiger partial charge in [-0.05, 0) is 46.5 Å². The van der Waals surface area contributed by atoms with Crippen molar-refractivity contribution in [2.75, 3.05) is 29.4 Å². The molecule has 0 N–H and O–H groups in total. The minimum atomic E-state index is 0.641. The fourth-order valence-electron chi connectivity index (χ4n) is 3.06. The highest BCUT2D eigenvalue weighted by atomic mass is 15.3. The van der Waals surface area contributed by atoms with Crippen molar-refractivity contribution in [2.45, 2.75) is 59.4 Å². The lowest BCUT2D eigenvalue weighted by Crippen LogP contribution is -2.40. The Morgan fingerprint density at radius 3 is 2.60 bits per heavy atom. The Kier molecular flexibility index (Phi) is 5.21. The number of anilines is 2. The highest BCUT2D eigenvalue weighted by molar-refractivity contribution is 5.47. The van der Waals surface area contributed by atoms with Crippen molar-refractivity contribution in [2.24, 2.45) is 0 Å². The third kappa shape index (κ3) is 3.22. The van der Waals surface area contributed by atoms with Crippen LogP contribution in [-0.4, -0.2) is 35.6 Å². The maximum atomic E-state index is 4.84. The molecule has 1 fully saturated rings. The Morgan fingerprint density at radius 2 is 1.95 bits per heavy atom. The summed E-state index contributed by atoms with van der Waals surface area (Å²) >= 11 is 0. The zero-order valence-corrected chi connectivity index (χ0v) is 13.4. The molecular weight excluding hydrogens is 248 g/mol. The number of hydrogen-bond acceptors (Lipinski definition) is 4. The van der Waals surface area contributed by atoms with Crippen molar-refractivity contribution < 1.29 is 0 Å². The predicted molar refractivity (Wildman–Crippen MR) is 85.6 cm³/mol. The minimum Gasteiger partial charge on any atom is -0.353 e. The first-order chi connectivity index (χ1) is 9.69. The van der Waals surface area contributed by atoms with Crippen molar-refractivity contribution in [1.82, 2.24) is 9.97 Å². The maximum absolute atomic E-state index is 4.84. The van der Waals surface area contributed by atoms with Crippen molar-refractivity contribution in [3.8, 4) is 0 Å². The van der Waals surface area contributed by atoms with E-state index in [1.165, 1.54) is 25.7 Å². The Balaban J connectivity index is 2.30. The van der Waals surface area contributed by atoms with Crippen LogP contribution in [0, 0.1) is 6.92 Å². The third-order valence-corrected chi connectivity index (χ3v) is 4.27. The van der Waals surface area contributed by atoms with Gasteiger partial charge in [0.1, 0.15) is 5.82 Å². The summed E-state index contributed by atoms with van der Waals surface area (Å²) in [5.74, 6) is 2.00. The molecule has 4 heteroatoms.